The summed E-state index contributed by atoms with van der Waals surface area (Å²) in [6.45, 7) is 4.90. The first kappa shape index (κ1) is 19.1. The predicted molar refractivity (Wildman–Crippen MR) is 99.0 cm³/mol. The summed E-state index contributed by atoms with van der Waals surface area (Å²) in [4.78, 5) is 14.8. The van der Waals surface area contributed by atoms with Crippen molar-refractivity contribution in [2.75, 3.05) is 26.7 Å². The van der Waals surface area contributed by atoms with Gasteiger partial charge in [0.15, 0.2) is 0 Å². The maximum Gasteiger partial charge on any atom is 0.229 e. The summed E-state index contributed by atoms with van der Waals surface area (Å²) in [5.74, 6) is 1.85. The lowest BCUT2D eigenvalue weighted by Crippen LogP contribution is -2.46. The number of hydrogen-bond donors (Lipinski definition) is 1. The summed E-state index contributed by atoms with van der Waals surface area (Å²) >= 11 is 0. The fourth-order valence-electron chi connectivity index (χ4n) is 3.29. The lowest BCUT2D eigenvalue weighted by Gasteiger charge is -2.34. The third kappa shape index (κ3) is 4.87. The summed E-state index contributed by atoms with van der Waals surface area (Å²) in [5, 5.41) is 3.66. The van der Waals surface area contributed by atoms with Crippen LogP contribution in [-0.2, 0) is 4.79 Å². The van der Waals surface area contributed by atoms with Crippen LogP contribution in [0.1, 0.15) is 44.1 Å². The zero-order valence-electron chi connectivity index (χ0n) is 14.7. The van der Waals surface area contributed by atoms with Gasteiger partial charge in [-0.1, -0.05) is 12.1 Å². The van der Waals surface area contributed by atoms with E-state index >= 15 is 0 Å². The van der Waals surface area contributed by atoms with E-state index in [-0.39, 0.29) is 24.2 Å². The average Bonchev–Trinajstić information content (AvgIpc) is 3.43. The second kappa shape index (κ2) is 8.72. The van der Waals surface area contributed by atoms with Gasteiger partial charge in [-0.05, 0) is 62.8 Å². The molecule has 1 aromatic carbocycles. The van der Waals surface area contributed by atoms with Gasteiger partial charge in [0.2, 0.25) is 5.91 Å². The Morgan fingerprint density at radius 2 is 2.00 bits per heavy atom. The standard InChI is InChI=1S/C19H28N2O2.ClH/c1-14(16-4-3-5-18(12-16)23-2)19(22)21-10-8-17(9-11-21)20-13-15-6-7-15;/h3-5,12,14-15,17,20H,6-11,13H2,1-2H3;1H. The molecular weight excluding hydrogens is 324 g/mol. The molecule has 1 atom stereocenters. The zero-order valence-corrected chi connectivity index (χ0v) is 15.5. The minimum atomic E-state index is -0.110. The van der Waals surface area contributed by atoms with Crippen molar-refractivity contribution in [3.8, 4) is 5.75 Å². The van der Waals surface area contributed by atoms with Crippen LogP contribution in [-0.4, -0.2) is 43.6 Å². The monoisotopic (exact) mass is 352 g/mol. The predicted octanol–water partition coefficient (Wildman–Crippen LogP) is 3.21. The smallest absolute Gasteiger partial charge is 0.229 e. The van der Waals surface area contributed by atoms with Gasteiger partial charge in [-0.15, -0.1) is 12.4 Å². The van der Waals surface area contributed by atoms with Gasteiger partial charge in [-0.2, -0.15) is 0 Å². The van der Waals surface area contributed by atoms with E-state index in [0.717, 1.165) is 43.2 Å². The van der Waals surface area contributed by atoms with Gasteiger partial charge in [-0.3, -0.25) is 4.79 Å². The molecule has 24 heavy (non-hydrogen) atoms. The van der Waals surface area contributed by atoms with Crippen LogP contribution in [0.2, 0.25) is 0 Å². The number of methoxy groups -OCH3 is 1. The fraction of sp³-hybridized carbons (Fsp3) is 0.632. The third-order valence-electron chi connectivity index (χ3n) is 5.16. The van der Waals surface area contributed by atoms with E-state index in [1.54, 1.807) is 7.11 Å². The van der Waals surface area contributed by atoms with Gasteiger partial charge in [0, 0.05) is 19.1 Å². The number of carbonyl (C=O) groups is 1. The Labute approximate surface area is 151 Å². The number of ether oxygens (including phenoxy) is 1. The minimum Gasteiger partial charge on any atom is -0.497 e. The number of piperidine rings is 1. The number of hydrogen-bond acceptors (Lipinski definition) is 3. The van der Waals surface area contributed by atoms with Crippen LogP contribution in [0.3, 0.4) is 0 Å². The van der Waals surface area contributed by atoms with Crippen LogP contribution < -0.4 is 10.1 Å². The summed E-state index contributed by atoms with van der Waals surface area (Å²) in [6.07, 6.45) is 4.93. The Kier molecular flexibility index (Phi) is 6.93. The molecule has 1 aliphatic heterocycles. The Hall–Kier alpha value is -1.26. The summed E-state index contributed by atoms with van der Waals surface area (Å²) in [6, 6.07) is 8.43. The second-order valence-corrected chi connectivity index (χ2v) is 6.95. The summed E-state index contributed by atoms with van der Waals surface area (Å²) in [5.41, 5.74) is 1.03. The van der Waals surface area contributed by atoms with Gasteiger partial charge in [0.25, 0.3) is 0 Å². The second-order valence-electron chi connectivity index (χ2n) is 6.95. The molecule has 1 saturated heterocycles. The van der Waals surface area contributed by atoms with Crippen molar-refractivity contribution in [3.63, 3.8) is 0 Å². The van der Waals surface area contributed by atoms with Crippen molar-refractivity contribution < 1.29 is 9.53 Å². The number of rotatable bonds is 6. The molecule has 2 aliphatic rings. The van der Waals surface area contributed by atoms with Gasteiger partial charge in [0.05, 0.1) is 13.0 Å². The van der Waals surface area contributed by atoms with E-state index < -0.39 is 0 Å². The largest absolute Gasteiger partial charge is 0.497 e. The van der Waals surface area contributed by atoms with E-state index in [4.69, 9.17) is 4.74 Å². The summed E-state index contributed by atoms with van der Waals surface area (Å²) in [7, 11) is 1.66. The molecule has 1 N–H and O–H groups in total. The summed E-state index contributed by atoms with van der Waals surface area (Å²) < 4.78 is 5.26. The molecule has 5 heteroatoms. The molecule has 0 aromatic heterocycles. The van der Waals surface area contributed by atoms with E-state index in [1.165, 1.54) is 19.4 Å². The van der Waals surface area contributed by atoms with Crippen molar-refractivity contribution in [2.45, 2.75) is 44.6 Å². The molecule has 0 spiro atoms. The topological polar surface area (TPSA) is 41.6 Å². The van der Waals surface area contributed by atoms with E-state index in [2.05, 4.69) is 5.32 Å². The highest BCUT2D eigenvalue weighted by Gasteiger charge is 2.28. The molecule has 0 bridgehead atoms. The number of nitrogens with zero attached hydrogens (tertiary/aromatic N) is 1. The molecule has 3 rings (SSSR count). The van der Waals surface area contributed by atoms with Crippen molar-refractivity contribution in [1.29, 1.82) is 0 Å². The van der Waals surface area contributed by atoms with Crippen molar-refractivity contribution in [3.05, 3.63) is 29.8 Å². The first-order valence-electron chi connectivity index (χ1n) is 8.83. The fourth-order valence-corrected chi connectivity index (χ4v) is 3.29. The number of amides is 1. The molecule has 1 aromatic rings. The molecule has 1 amide bonds. The van der Waals surface area contributed by atoms with Crippen LogP contribution in [0.4, 0.5) is 0 Å². The van der Waals surface area contributed by atoms with Gasteiger partial charge >= 0.3 is 0 Å². The highest BCUT2D eigenvalue weighted by atomic mass is 35.5. The Bertz CT molecular complexity index is 540. The van der Waals surface area contributed by atoms with Gasteiger partial charge in [0.1, 0.15) is 5.75 Å². The van der Waals surface area contributed by atoms with Crippen molar-refractivity contribution in [2.24, 2.45) is 5.92 Å². The van der Waals surface area contributed by atoms with E-state index in [1.807, 2.05) is 36.1 Å². The Morgan fingerprint density at radius 3 is 2.62 bits per heavy atom. The van der Waals surface area contributed by atoms with Crippen LogP contribution in [0, 0.1) is 5.92 Å². The SMILES string of the molecule is COc1cccc(C(C)C(=O)N2CCC(NCC3CC3)CC2)c1.Cl. The molecule has 4 nitrogen and oxygen atoms in total. The Morgan fingerprint density at radius 1 is 1.29 bits per heavy atom. The molecule has 134 valence electrons. The first-order chi connectivity index (χ1) is 11.2. The zero-order chi connectivity index (χ0) is 16.2. The van der Waals surface area contributed by atoms with Crippen molar-refractivity contribution >= 4 is 18.3 Å². The molecule has 1 unspecified atom stereocenters. The van der Waals surface area contributed by atoms with Gasteiger partial charge in [-0.25, -0.2) is 0 Å². The quantitative estimate of drug-likeness (QED) is 0.854. The molecule has 1 aliphatic carbocycles. The van der Waals surface area contributed by atoms with Crippen LogP contribution >= 0.6 is 12.4 Å². The number of carbonyl (C=O) groups excluding carboxylic acids is 1. The first-order valence-corrected chi connectivity index (χ1v) is 8.83. The lowest BCUT2D eigenvalue weighted by molar-refractivity contribution is -0.133. The highest BCUT2D eigenvalue weighted by molar-refractivity contribution is 5.85. The Balaban J connectivity index is 0.00000208. The molecule has 0 radical (unpaired) electrons. The highest BCUT2D eigenvalue weighted by Crippen LogP contribution is 2.28. The number of likely N-dealkylation sites (tertiary alicyclic amines) is 1. The maximum absolute atomic E-state index is 12.7. The lowest BCUT2D eigenvalue weighted by atomic mass is 9.97. The van der Waals surface area contributed by atoms with E-state index in [0.29, 0.717) is 6.04 Å². The molecular formula is C19H29ClN2O2. The number of benzene rings is 1. The van der Waals surface area contributed by atoms with E-state index in [9.17, 15) is 4.79 Å². The molecule has 2 fully saturated rings. The van der Waals surface area contributed by atoms with Crippen molar-refractivity contribution in [1.82, 2.24) is 10.2 Å². The normalized spacial score (nSPS) is 19.5. The van der Waals surface area contributed by atoms with Crippen LogP contribution in [0.25, 0.3) is 0 Å². The molecule has 1 heterocycles. The van der Waals surface area contributed by atoms with Gasteiger partial charge < -0.3 is 15.0 Å². The molecule has 1 saturated carbocycles. The third-order valence-corrected chi connectivity index (χ3v) is 5.16. The number of halogens is 1. The average molecular weight is 353 g/mol. The number of nitrogens with one attached hydrogen (secondary N) is 1. The maximum atomic E-state index is 12.7. The van der Waals surface area contributed by atoms with Crippen LogP contribution in [0.5, 0.6) is 5.75 Å². The van der Waals surface area contributed by atoms with Crippen LogP contribution in [0.15, 0.2) is 24.3 Å². The minimum absolute atomic E-state index is 0.